The molecule has 3 aromatic rings. The van der Waals surface area contributed by atoms with Crippen LogP contribution >= 0.6 is 22.9 Å². The van der Waals surface area contributed by atoms with Crippen molar-refractivity contribution in [3.63, 3.8) is 0 Å². The van der Waals surface area contributed by atoms with Gasteiger partial charge in [0.05, 0.1) is 19.8 Å². The number of carbonyl (C=O) groups is 1. The van der Waals surface area contributed by atoms with Crippen molar-refractivity contribution in [1.82, 2.24) is 4.98 Å². The second-order valence-corrected chi connectivity index (χ2v) is 7.41. The highest BCUT2D eigenvalue weighted by molar-refractivity contribution is 7.15. The number of benzene rings is 2. The van der Waals surface area contributed by atoms with Gasteiger partial charge in [0.15, 0.2) is 16.6 Å². The van der Waals surface area contributed by atoms with E-state index in [1.54, 1.807) is 24.4 Å². The third-order valence-electron chi connectivity index (χ3n) is 4.04. The van der Waals surface area contributed by atoms with E-state index in [1.165, 1.54) is 25.6 Å². The van der Waals surface area contributed by atoms with Crippen LogP contribution in [0.1, 0.15) is 26.4 Å². The van der Waals surface area contributed by atoms with Gasteiger partial charge in [-0.3, -0.25) is 10.1 Å². The predicted molar refractivity (Wildman–Crippen MR) is 109 cm³/mol. The summed E-state index contributed by atoms with van der Waals surface area (Å²) in [6.07, 6.45) is 2.47. The van der Waals surface area contributed by atoms with Crippen LogP contribution in [-0.2, 0) is 6.42 Å². The molecule has 0 fully saturated rings. The molecule has 0 unspecified atom stereocenters. The molecule has 5 nitrogen and oxygen atoms in total. The van der Waals surface area contributed by atoms with Crippen LogP contribution in [0.25, 0.3) is 0 Å². The van der Waals surface area contributed by atoms with Gasteiger partial charge in [-0.2, -0.15) is 0 Å². The summed E-state index contributed by atoms with van der Waals surface area (Å²) in [7, 11) is 3.03. The summed E-state index contributed by atoms with van der Waals surface area (Å²) in [6, 6.07) is 11.2. The number of carbonyl (C=O) groups excluding carboxylic acids is 1. The number of methoxy groups -OCH3 is 2. The van der Waals surface area contributed by atoms with Crippen LogP contribution in [-0.4, -0.2) is 25.1 Å². The Morgan fingerprint density at radius 2 is 2.04 bits per heavy atom. The Kier molecular flexibility index (Phi) is 5.98. The highest BCUT2D eigenvalue weighted by Gasteiger charge is 2.17. The van der Waals surface area contributed by atoms with E-state index in [2.05, 4.69) is 10.3 Å². The lowest BCUT2D eigenvalue weighted by molar-refractivity contribution is 0.102. The van der Waals surface area contributed by atoms with Crippen LogP contribution in [0, 0.1) is 6.92 Å². The highest BCUT2D eigenvalue weighted by atomic mass is 35.5. The standard InChI is InChI=1S/C20H19ClN2O3S/c1-12-7-8-13(10-16(12)21)9-14-11-22-20(27-14)23-19(24)15-5-4-6-17(25-2)18(15)26-3/h4-8,10-11H,9H2,1-3H3,(H,22,23,24). The van der Waals surface area contributed by atoms with Gasteiger partial charge in [0.2, 0.25) is 0 Å². The minimum absolute atomic E-state index is 0.301. The first kappa shape index (κ1) is 19.2. The SMILES string of the molecule is COc1cccc(C(=O)Nc2ncc(Cc3ccc(C)c(Cl)c3)s2)c1OC. The maximum absolute atomic E-state index is 12.6. The Morgan fingerprint density at radius 1 is 1.22 bits per heavy atom. The first-order chi connectivity index (χ1) is 13.0. The summed E-state index contributed by atoms with van der Waals surface area (Å²) in [6.45, 7) is 1.97. The summed E-state index contributed by atoms with van der Waals surface area (Å²) in [5, 5.41) is 4.09. The number of rotatable bonds is 6. The Hall–Kier alpha value is -2.57. The quantitative estimate of drug-likeness (QED) is 0.632. The average molecular weight is 403 g/mol. The molecule has 1 heterocycles. The maximum Gasteiger partial charge on any atom is 0.261 e. The number of aryl methyl sites for hydroxylation is 1. The smallest absolute Gasteiger partial charge is 0.261 e. The van der Waals surface area contributed by atoms with Crippen molar-refractivity contribution in [2.45, 2.75) is 13.3 Å². The van der Waals surface area contributed by atoms with Crippen molar-refractivity contribution in [3.05, 3.63) is 69.2 Å². The molecule has 1 aromatic heterocycles. The van der Waals surface area contributed by atoms with Gasteiger partial charge in [-0.05, 0) is 36.2 Å². The monoisotopic (exact) mass is 402 g/mol. The number of thiazole rings is 1. The number of halogens is 1. The summed E-state index contributed by atoms with van der Waals surface area (Å²) < 4.78 is 10.6. The van der Waals surface area contributed by atoms with Gasteiger partial charge in [-0.25, -0.2) is 4.98 Å². The van der Waals surface area contributed by atoms with Gasteiger partial charge >= 0.3 is 0 Å². The van der Waals surface area contributed by atoms with Gasteiger partial charge in [-0.15, -0.1) is 11.3 Å². The van der Waals surface area contributed by atoms with Crippen LogP contribution in [0.2, 0.25) is 5.02 Å². The Morgan fingerprint density at radius 3 is 2.74 bits per heavy atom. The van der Waals surface area contributed by atoms with Gasteiger partial charge in [0.25, 0.3) is 5.91 Å². The molecule has 27 heavy (non-hydrogen) atoms. The maximum atomic E-state index is 12.6. The minimum atomic E-state index is -0.301. The Balaban J connectivity index is 1.74. The van der Waals surface area contributed by atoms with E-state index in [4.69, 9.17) is 21.1 Å². The number of aromatic nitrogens is 1. The van der Waals surface area contributed by atoms with Crippen LogP contribution in [0.4, 0.5) is 5.13 Å². The number of hydrogen-bond donors (Lipinski definition) is 1. The molecular formula is C20H19ClN2O3S. The van der Waals surface area contributed by atoms with Crippen molar-refractivity contribution in [2.24, 2.45) is 0 Å². The van der Waals surface area contributed by atoms with E-state index in [-0.39, 0.29) is 5.91 Å². The summed E-state index contributed by atoms with van der Waals surface area (Å²) >= 11 is 7.61. The number of ether oxygens (including phenoxy) is 2. The second kappa shape index (κ2) is 8.41. The van der Waals surface area contributed by atoms with E-state index in [1.807, 2.05) is 25.1 Å². The molecule has 0 saturated carbocycles. The molecule has 140 valence electrons. The van der Waals surface area contributed by atoms with Crippen molar-refractivity contribution in [3.8, 4) is 11.5 Å². The Bertz CT molecular complexity index is 972. The largest absolute Gasteiger partial charge is 0.493 e. The topological polar surface area (TPSA) is 60.5 Å². The molecule has 0 atom stereocenters. The lowest BCUT2D eigenvalue weighted by atomic mass is 10.1. The van der Waals surface area contributed by atoms with Crippen LogP contribution in [0.3, 0.4) is 0 Å². The van der Waals surface area contributed by atoms with Gasteiger partial charge in [-0.1, -0.05) is 29.8 Å². The minimum Gasteiger partial charge on any atom is -0.493 e. The Labute approximate surface area is 166 Å². The second-order valence-electron chi connectivity index (χ2n) is 5.89. The number of nitrogens with one attached hydrogen (secondary N) is 1. The van der Waals surface area contributed by atoms with Gasteiger partial charge < -0.3 is 9.47 Å². The molecule has 0 saturated heterocycles. The molecule has 0 spiro atoms. The summed E-state index contributed by atoms with van der Waals surface area (Å²) in [4.78, 5) is 17.9. The van der Waals surface area contributed by atoms with Crippen molar-refractivity contribution in [1.29, 1.82) is 0 Å². The lowest BCUT2D eigenvalue weighted by Gasteiger charge is -2.11. The molecular weight excluding hydrogens is 384 g/mol. The number of nitrogens with zero attached hydrogens (tertiary/aromatic N) is 1. The molecule has 0 bridgehead atoms. The molecule has 0 aliphatic carbocycles. The zero-order chi connectivity index (χ0) is 19.4. The van der Waals surface area contributed by atoms with E-state index in [0.29, 0.717) is 28.6 Å². The van der Waals surface area contributed by atoms with E-state index >= 15 is 0 Å². The fraction of sp³-hybridized carbons (Fsp3) is 0.200. The third kappa shape index (κ3) is 4.40. The van der Waals surface area contributed by atoms with Crippen molar-refractivity contribution in [2.75, 3.05) is 19.5 Å². The predicted octanol–water partition coefficient (Wildman–Crippen LogP) is 4.97. The van der Waals surface area contributed by atoms with E-state index in [9.17, 15) is 4.79 Å². The fourth-order valence-corrected chi connectivity index (χ4v) is 3.67. The summed E-state index contributed by atoms with van der Waals surface area (Å²) in [5.41, 5.74) is 2.53. The van der Waals surface area contributed by atoms with Crippen molar-refractivity contribution >= 4 is 34.0 Å². The van der Waals surface area contributed by atoms with Gasteiger partial charge in [0.1, 0.15) is 0 Å². The molecule has 7 heteroatoms. The normalized spacial score (nSPS) is 10.5. The van der Waals surface area contributed by atoms with E-state index < -0.39 is 0 Å². The molecule has 1 amide bonds. The van der Waals surface area contributed by atoms with E-state index in [0.717, 1.165) is 21.0 Å². The number of para-hydroxylation sites is 1. The zero-order valence-electron chi connectivity index (χ0n) is 15.2. The third-order valence-corrected chi connectivity index (χ3v) is 5.36. The fourth-order valence-electron chi connectivity index (χ4n) is 2.62. The highest BCUT2D eigenvalue weighted by Crippen LogP contribution is 2.31. The summed E-state index contributed by atoms with van der Waals surface area (Å²) in [5.74, 6) is 0.592. The van der Waals surface area contributed by atoms with Gasteiger partial charge in [0, 0.05) is 22.5 Å². The molecule has 0 aliphatic rings. The molecule has 0 aliphatic heterocycles. The number of anilines is 1. The van der Waals surface area contributed by atoms with Crippen LogP contribution < -0.4 is 14.8 Å². The lowest BCUT2D eigenvalue weighted by Crippen LogP contribution is -2.13. The molecule has 3 rings (SSSR count). The molecule has 0 radical (unpaired) electrons. The van der Waals surface area contributed by atoms with Crippen LogP contribution in [0.5, 0.6) is 11.5 Å². The first-order valence-electron chi connectivity index (χ1n) is 8.24. The first-order valence-corrected chi connectivity index (χ1v) is 9.43. The zero-order valence-corrected chi connectivity index (χ0v) is 16.8. The van der Waals surface area contributed by atoms with Crippen molar-refractivity contribution < 1.29 is 14.3 Å². The number of hydrogen-bond acceptors (Lipinski definition) is 5. The number of amides is 1. The molecule has 1 N–H and O–H groups in total. The molecule has 2 aromatic carbocycles. The average Bonchev–Trinajstić information content (AvgIpc) is 3.10. The van der Waals surface area contributed by atoms with Crippen LogP contribution in [0.15, 0.2) is 42.6 Å².